The highest BCUT2D eigenvalue weighted by atomic mass is 16.4. The molecule has 88 valence electrons. The molecule has 1 heterocycles. The van der Waals surface area contributed by atoms with Gasteiger partial charge >= 0.3 is 12.0 Å². The lowest BCUT2D eigenvalue weighted by Crippen LogP contribution is -2.40. The predicted molar refractivity (Wildman–Crippen MR) is 53.6 cm³/mol. The van der Waals surface area contributed by atoms with E-state index in [1.807, 2.05) is 0 Å². The number of carboxylic acids is 1. The van der Waals surface area contributed by atoms with Crippen LogP contribution in [0, 0.1) is 0 Å². The Kier molecular flexibility index (Phi) is 3.81. The number of nitrogens with one attached hydrogen (secondary N) is 2. The van der Waals surface area contributed by atoms with Crippen LogP contribution in [0.5, 0.6) is 0 Å². The van der Waals surface area contributed by atoms with Gasteiger partial charge in [0.2, 0.25) is 0 Å². The third-order valence-electron chi connectivity index (χ3n) is 1.88. The van der Waals surface area contributed by atoms with Crippen molar-refractivity contribution >= 4 is 12.0 Å². The number of nitrogens with zero attached hydrogens (tertiary/aromatic N) is 3. The summed E-state index contributed by atoms with van der Waals surface area (Å²) in [5.41, 5.74) is 0. The van der Waals surface area contributed by atoms with Gasteiger partial charge in [-0.1, -0.05) is 0 Å². The standard InChI is InChI=1S/C8H13N5O3/c1-5(7-12-10-4-13(7)2)11-8(16)9-3-6(14)15/h4-5H,3H2,1-2H3,(H,14,15)(H2,9,11,16). The second kappa shape index (κ2) is 5.10. The fraction of sp³-hybridized carbons (Fsp3) is 0.500. The summed E-state index contributed by atoms with van der Waals surface area (Å²) in [7, 11) is 1.75. The minimum absolute atomic E-state index is 0.346. The number of aryl methyl sites for hydroxylation is 1. The minimum atomic E-state index is -1.10. The van der Waals surface area contributed by atoms with Crippen LogP contribution in [0.2, 0.25) is 0 Å². The second-order valence-electron chi connectivity index (χ2n) is 3.24. The van der Waals surface area contributed by atoms with Crippen LogP contribution in [0.3, 0.4) is 0 Å². The van der Waals surface area contributed by atoms with Gasteiger partial charge < -0.3 is 20.3 Å². The van der Waals surface area contributed by atoms with Crippen molar-refractivity contribution in [3.63, 3.8) is 0 Å². The summed E-state index contributed by atoms with van der Waals surface area (Å²) in [4.78, 5) is 21.4. The van der Waals surface area contributed by atoms with E-state index in [2.05, 4.69) is 20.8 Å². The van der Waals surface area contributed by atoms with E-state index in [0.29, 0.717) is 5.82 Å². The first-order valence-electron chi connectivity index (χ1n) is 4.60. The fourth-order valence-corrected chi connectivity index (χ4v) is 1.15. The van der Waals surface area contributed by atoms with E-state index in [9.17, 15) is 9.59 Å². The van der Waals surface area contributed by atoms with Gasteiger partial charge in [-0.05, 0) is 6.92 Å². The Bertz CT molecular complexity index is 389. The lowest BCUT2D eigenvalue weighted by atomic mass is 10.3. The van der Waals surface area contributed by atoms with E-state index < -0.39 is 18.5 Å². The van der Waals surface area contributed by atoms with Crippen LogP contribution in [0.15, 0.2) is 6.33 Å². The number of aromatic nitrogens is 3. The zero-order valence-corrected chi connectivity index (χ0v) is 8.97. The van der Waals surface area contributed by atoms with Crippen LogP contribution in [0.25, 0.3) is 0 Å². The Labute approximate surface area is 91.7 Å². The molecule has 1 atom stereocenters. The molecule has 1 rings (SSSR count). The molecular formula is C8H13N5O3. The summed E-state index contributed by atoms with van der Waals surface area (Å²) < 4.78 is 1.67. The molecule has 8 nitrogen and oxygen atoms in total. The number of rotatable bonds is 4. The maximum absolute atomic E-state index is 11.2. The molecule has 1 unspecified atom stereocenters. The van der Waals surface area contributed by atoms with Crippen molar-refractivity contribution in [3.05, 3.63) is 12.2 Å². The molecule has 0 saturated carbocycles. The molecule has 0 fully saturated rings. The first-order valence-corrected chi connectivity index (χ1v) is 4.60. The summed E-state index contributed by atoms with van der Waals surface area (Å²) in [5, 5.41) is 20.6. The number of carboxylic acid groups (broad SMARTS) is 1. The molecule has 0 radical (unpaired) electrons. The molecule has 8 heteroatoms. The topological polar surface area (TPSA) is 109 Å². The molecule has 0 aliphatic rings. The Hall–Kier alpha value is -2.12. The van der Waals surface area contributed by atoms with Gasteiger partial charge in [-0.25, -0.2) is 4.79 Å². The molecule has 0 aliphatic carbocycles. The van der Waals surface area contributed by atoms with Crippen molar-refractivity contribution in [2.45, 2.75) is 13.0 Å². The largest absolute Gasteiger partial charge is 0.480 e. The summed E-state index contributed by atoms with van der Waals surface area (Å²) in [5.74, 6) is -0.507. The second-order valence-corrected chi connectivity index (χ2v) is 3.24. The monoisotopic (exact) mass is 227 g/mol. The molecule has 2 amide bonds. The van der Waals surface area contributed by atoms with Crippen LogP contribution in [0.4, 0.5) is 4.79 Å². The first-order chi connectivity index (χ1) is 7.50. The quantitative estimate of drug-likeness (QED) is 0.627. The van der Waals surface area contributed by atoms with Gasteiger partial charge in [0.25, 0.3) is 0 Å². The number of carbonyl (C=O) groups excluding carboxylic acids is 1. The van der Waals surface area contributed by atoms with Gasteiger partial charge in [0, 0.05) is 7.05 Å². The van der Waals surface area contributed by atoms with Crippen molar-refractivity contribution in [3.8, 4) is 0 Å². The highest BCUT2D eigenvalue weighted by Gasteiger charge is 2.14. The molecule has 0 saturated heterocycles. The maximum atomic E-state index is 11.2. The lowest BCUT2D eigenvalue weighted by molar-refractivity contribution is -0.135. The Morgan fingerprint density at radius 1 is 1.62 bits per heavy atom. The zero-order valence-electron chi connectivity index (χ0n) is 8.97. The third-order valence-corrected chi connectivity index (χ3v) is 1.88. The van der Waals surface area contributed by atoms with Gasteiger partial charge in [-0.3, -0.25) is 4.79 Å². The van der Waals surface area contributed by atoms with Gasteiger partial charge in [0.1, 0.15) is 12.9 Å². The van der Waals surface area contributed by atoms with E-state index in [-0.39, 0.29) is 6.04 Å². The number of aliphatic carboxylic acids is 1. The molecule has 1 aromatic heterocycles. The number of urea groups is 1. The molecule has 0 aromatic carbocycles. The van der Waals surface area contributed by atoms with Crippen LogP contribution in [-0.4, -0.2) is 38.4 Å². The Balaban J connectivity index is 2.46. The van der Waals surface area contributed by atoms with Crippen LogP contribution >= 0.6 is 0 Å². The highest BCUT2D eigenvalue weighted by Crippen LogP contribution is 2.05. The molecule has 3 N–H and O–H groups in total. The van der Waals surface area contributed by atoms with E-state index >= 15 is 0 Å². The van der Waals surface area contributed by atoms with Crippen LogP contribution in [-0.2, 0) is 11.8 Å². The van der Waals surface area contributed by atoms with Gasteiger partial charge in [-0.2, -0.15) is 0 Å². The Morgan fingerprint density at radius 3 is 2.81 bits per heavy atom. The smallest absolute Gasteiger partial charge is 0.323 e. The molecule has 0 bridgehead atoms. The van der Waals surface area contributed by atoms with Gasteiger partial charge in [0.15, 0.2) is 5.82 Å². The maximum Gasteiger partial charge on any atom is 0.323 e. The fourth-order valence-electron chi connectivity index (χ4n) is 1.15. The average Bonchev–Trinajstić information content (AvgIpc) is 2.61. The summed E-state index contributed by atoms with van der Waals surface area (Å²) in [6.45, 7) is 1.31. The van der Waals surface area contributed by atoms with Crippen LogP contribution < -0.4 is 10.6 Å². The zero-order chi connectivity index (χ0) is 12.1. The molecule has 0 aliphatic heterocycles. The van der Waals surface area contributed by atoms with E-state index in [1.54, 1.807) is 18.5 Å². The molecular weight excluding hydrogens is 214 g/mol. The lowest BCUT2D eigenvalue weighted by Gasteiger charge is -2.12. The SMILES string of the molecule is CC(NC(=O)NCC(=O)O)c1nncn1C. The summed E-state index contributed by atoms with van der Waals surface area (Å²) >= 11 is 0. The van der Waals surface area contributed by atoms with E-state index in [1.165, 1.54) is 6.33 Å². The normalized spacial score (nSPS) is 11.9. The number of hydrogen-bond acceptors (Lipinski definition) is 4. The third kappa shape index (κ3) is 3.23. The summed E-state index contributed by atoms with van der Waals surface area (Å²) in [6, 6.07) is -0.904. The van der Waals surface area contributed by atoms with Crippen molar-refractivity contribution in [1.82, 2.24) is 25.4 Å². The number of amides is 2. The predicted octanol–water partition coefficient (Wildman–Crippen LogP) is -0.740. The van der Waals surface area contributed by atoms with Crippen molar-refractivity contribution in [1.29, 1.82) is 0 Å². The van der Waals surface area contributed by atoms with E-state index in [0.717, 1.165) is 0 Å². The molecule has 0 spiro atoms. The van der Waals surface area contributed by atoms with Crippen LogP contribution in [0.1, 0.15) is 18.8 Å². The number of carbonyl (C=O) groups is 2. The molecule has 1 aromatic rings. The Morgan fingerprint density at radius 2 is 2.31 bits per heavy atom. The van der Waals surface area contributed by atoms with E-state index in [4.69, 9.17) is 5.11 Å². The van der Waals surface area contributed by atoms with Crippen molar-refractivity contribution in [2.24, 2.45) is 7.05 Å². The van der Waals surface area contributed by atoms with Crippen molar-refractivity contribution in [2.75, 3.05) is 6.54 Å². The van der Waals surface area contributed by atoms with Crippen molar-refractivity contribution < 1.29 is 14.7 Å². The average molecular weight is 227 g/mol. The highest BCUT2D eigenvalue weighted by molar-refractivity contribution is 5.79. The molecule has 16 heavy (non-hydrogen) atoms. The van der Waals surface area contributed by atoms with Gasteiger partial charge in [0.05, 0.1) is 6.04 Å². The summed E-state index contributed by atoms with van der Waals surface area (Å²) in [6.07, 6.45) is 1.52. The van der Waals surface area contributed by atoms with Gasteiger partial charge in [-0.15, -0.1) is 10.2 Å². The minimum Gasteiger partial charge on any atom is -0.480 e. The first kappa shape index (κ1) is 12.0. The number of hydrogen-bond donors (Lipinski definition) is 3.